The van der Waals surface area contributed by atoms with E-state index in [1.54, 1.807) is 0 Å². The van der Waals surface area contributed by atoms with E-state index in [1.807, 2.05) is 0 Å². The summed E-state index contributed by atoms with van der Waals surface area (Å²) < 4.78 is 0. The maximum Gasteiger partial charge on any atom is 0.170 e. The first-order valence-electron chi connectivity index (χ1n) is 8.78. The summed E-state index contributed by atoms with van der Waals surface area (Å²) in [6, 6.07) is 0. The van der Waals surface area contributed by atoms with Crippen molar-refractivity contribution < 1.29 is 19.2 Å². The molecule has 0 atom stereocenters. The Labute approximate surface area is 181 Å². The van der Waals surface area contributed by atoms with Gasteiger partial charge in [-0.25, -0.2) is 0 Å². The van der Waals surface area contributed by atoms with Gasteiger partial charge in [0.25, 0.3) is 0 Å². The summed E-state index contributed by atoms with van der Waals surface area (Å²) in [5.74, 6) is 0. The molecule has 160 valence electrons. The monoisotopic (exact) mass is 444 g/mol. The van der Waals surface area contributed by atoms with Gasteiger partial charge in [0.15, 0.2) is 25.1 Å². The van der Waals surface area contributed by atoms with Gasteiger partial charge in [-0.1, -0.05) is 0 Å². The molecule has 33 heavy (non-hydrogen) atoms. The van der Waals surface area contributed by atoms with Crippen molar-refractivity contribution in [3.05, 3.63) is 69.8 Å². The molecule has 4 aromatic rings. The zero-order chi connectivity index (χ0) is 23.3. The summed E-state index contributed by atoms with van der Waals surface area (Å²) in [4.78, 5) is 47.8. The molecule has 0 bridgehead atoms. The second-order valence-electron chi connectivity index (χ2n) is 6.15. The standard InChI is InChI=1S/C17H8N12O4/c30-5-13-9(1-18-26-22-13)17(10-2-19-27-23-14(10)6-31,11-3-20-28-24-15(11)7-32)12-4-21-29-25-16(12)8-33/h1-8H. The molecule has 0 amide bonds. The van der Waals surface area contributed by atoms with E-state index >= 15 is 0 Å². The van der Waals surface area contributed by atoms with Gasteiger partial charge in [0.1, 0.15) is 22.8 Å². The van der Waals surface area contributed by atoms with Crippen LogP contribution in [0.3, 0.4) is 0 Å². The molecule has 4 rings (SSSR count). The number of rotatable bonds is 8. The highest BCUT2D eigenvalue weighted by Gasteiger charge is 2.48. The number of hydrogen-bond acceptors (Lipinski definition) is 16. The van der Waals surface area contributed by atoms with E-state index in [0.29, 0.717) is 25.1 Å². The van der Waals surface area contributed by atoms with Gasteiger partial charge in [-0.2, -0.15) is 0 Å². The first-order chi connectivity index (χ1) is 16.2. The van der Waals surface area contributed by atoms with Crippen molar-refractivity contribution in [3.8, 4) is 0 Å². The minimum absolute atomic E-state index is 0.0406. The fourth-order valence-corrected chi connectivity index (χ4v) is 3.48. The third kappa shape index (κ3) is 3.26. The SMILES string of the molecule is O=Cc1nnncc1C(c1cnnnc1C=O)(c1cnnnc1C=O)c1cnnnc1C=O. The lowest BCUT2D eigenvalue weighted by molar-refractivity contribution is 0.111. The minimum atomic E-state index is -1.95. The summed E-state index contributed by atoms with van der Waals surface area (Å²) in [6.07, 6.45) is 6.07. The second kappa shape index (κ2) is 8.84. The van der Waals surface area contributed by atoms with E-state index in [2.05, 4.69) is 61.6 Å². The van der Waals surface area contributed by atoms with Gasteiger partial charge in [-0.05, 0) is 20.9 Å². The van der Waals surface area contributed by atoms with Crippen molar-refractivity contribution in [1.29, 1.82) is 0 Å². The molecule has 0 N–H and O–H groups in total. The lowest BCUT2D eigenvalue weighted by atomic mass is 9.64. The summed E-state index contributed by atoms with van der Waals surface area (Å²) in [7, 11) is 0. The van der Waals surface area contributed by atoms with Crippen LogP contribution in [0.15, 0.2) is 24.8 Å². The molecule has 16 nitrogen and oxygen atoms in total. The molecule has 0 spiro atoms. The summed E-state index contributed by atoms with van der Waals surface area (Å²) in [6.45, 7) is 0. The molecule has 0 aliphatic rings. The number of hydrogen-bond donors (Lipinski definition) is 0. The average molecular weight is 444 g/mol. The number of nitrogens with zero attached hydrogens (tertiary/aromatic N) is 12. The molecule has 0 fully saturated rings. The Morgan fingerprint density at radius 1 is 0.455 bits per heavy atom. The molecule has 4 aromatic heterocycles. The van der Waals surface area contributed by atoms with Gasteiger partial charge in [0, 0.05) is 22.3 Å². The van der Waals surface area contributed by atoms with Gasteiger partial charge < -0.3 is 0 Å². The molecular weight excluding hydrogens is 436 g/mol. The maximum absolute atomic E-state index is 12.0. The lowest BCUT2D eigenvalue weighted by Crippen LogP contribution is -2.38. The quantitative estimate of drug-likeness (QED) is 0.269. The Hall–Kier alpha value is -5.28. The Bertz CT molecular complexity index is 1170. The van der Waals surface area contributed by atoms with Crippen LogP contribution in [-0.4, -0.2) is 86.8 Å². The van der Waals surface area contributed by atoms with Gasteiger partial charge >= 0.3 is 0 Å². The Morgan fingerprint density at radius 3 is 0.909 bits per heavy atom. The Morgan fingerprint density at radius 2 is 0.697 bits per heavy atom. The van der Waals surface area contributed by atoms with Crippen LogP contribution in [0, 0.1) is 0 Å². The highest BCUT2D eigenvalue weighted by Crippen LogP contribution is 2.46. The zero-order valence-corrected chi connectivity index (χ0v) is 16.1. The largest absolute Gasteiger partial charge is 0.296 e. The summed E-state index contributed by atoms with van der Waals surface area (Å²) in [5, 5.41) is 43.8. The smallest absolute Gasteiger partial charge is 0.170 e. The van der Waals surface area contributed by atoms with Crippen molar-refractivity contribution in [1.82, 2.24) is 61.6 Å². The van der Waals surface area contributed by atoms with Gasteiger partial charge in [0.2, 0.25) is 0 Å². The van der Waals surface area contributed by atoms with Crippen LogP contribution in [0.1, 0.15) is 64.2 Å². The predicted molar refractivity (Wildman–Crippen MR) is 99.8 cm³/mol. The van der Waals surface area contributed by atoms with Crippen molar-refractivity contribution >= 4 is 25.1 Å². The van der Waals surface area contributed by atoms with Crippen LogP contribution < -0.4 is 0 Å². The number of aromatic nitrogens is 12. The van der Waals surface area contributed by atoms with Crippen LogP contribution >= 0.6 is 0 Å². The van der Waals surface area contributed by atoms with Crippen LogP contribution in [0.25, 0.3) is 0 Å². The Balaban J connectivity index is 2.36. The van der Waals surface area contributed by atoms with Gasteiger partial charge in [0.05, 0.1) is 30.2 Å². The topological polar surface area (TPSA) is 223 Å². The fourth-order valence-electron chi connectivity index (χ4n) is 3.48. The number of carbonyl (C=O) groups is 4. The van der Waals surface area contributed by atoms with Crippen molar-refractivity contribution in [2.24, 2.45) is 0 Å². The average Bonchev–Trinajstić information content (AvgIpc) is 2.90. The molecular formula is C17H8N12O4. The van der Waals surface area contributed by atoms with E-state index < -0.39 is 5.41 Å². The minimum Gasteiger partial charge on any atom is -0.296 e. The normalized spacial score (nSPS) is 10.9. The molecule has 4 heterocycles. The number of carbonyl (C=O) groups excluding carboxylic acids is 4. The number of aldehydes is 4. The van der Waals surface area contributed by atoms with E-state index in [-0.39, 0.29) is 45.0 Å². The summed E-state index contributed by atoms with van der Waals surface area (Å²) >= 11 is 0. The molecule has 0 unspecified atom stereocenters. The van der Waals surface area contributed by atoms with Crippen LogP contribution in [-0.2, 0) is 5.41 Å². The van der Waals surface area contributed by atoms with E-state index in [4.69, 9.17) is 0 Å². The molecule has 0 saturated carbocycles. The molecule has 0 saturated heterocycles. The maximum atomic E-state index is 12.0. The van der Waals surface area contributed by atoms with E-state index in [0.717, 1.165) is 24.8 Å². The fraction of sp³-hybridized carbons (Fsp3) is 0.0588. The van der Waals surface area contributed by atoms with Crippen molar-refractivity contribution in [2.75, 3.05) is 0 Å². The van der Waals surface area contributed by atoms with Gasteiger partial charge in [-0.15, -0.1) is 40.8 Å². The Kier molecular flexibility index (Phi) is 5.62. The molecule has 0 radical (unpaired) electrons. The highest BCUT2D eigenvalue weighted by molar-refractivity contribution is 5.86. The lowest BCUT2D eigenvalue weighted by Gasteiger charge is -2.35. The molecule has 16 heteroatoms. The highest BCUT2D eigenvalue weighted by atomic mass is 16.1. The van der Waals surface area contributed by atoms with Crippen molar-refractivity contribution in [2.45, 2.75) is 5.41 Å². The van der Waals surface area contributed by atoms with Crippen molar-refractivity contribution in [3.63, 3.8) is 0 Å². The third-order valence-corrected chi connectivity index (χ3v) is 4.73. The third-order valence-electron chi connectivity index (χ3n) is 4.73. The first kappa shape index (κ1) is 21.0. The van der Waals surface area contributed by atoms with Crippen LogP contribution in [0.2, 0.25) is 0 Å². The van der Waals surface area contributed by atoms with Crippen LogP contribution in [0.5, 0.6) is 0 Å². The predicted octanol–water partition coefficient (Wildman–Crippen LogP) is -1.94. The molecule has 0 aliphatic carbocycles. The summed E-state index contributed by atoms with van der Waals surface area (Å²) in [5.41, 5.74) is -3.16. The first-order valence-corrected chi connectivity index (χ1v) is 8.78. The second-order valence-corrected chi connectivity index (χ2v) is 6.15. The van der Waals surface area contributed by atoms with Gasteiger partial charge in [-0.3, -0.25) is 19.2 Å². The zero-order valence-electron chi connectivity index (χ0n) is 16.1. The van der Waals surface area contributed by atoms with E-state index in [9.17, 15) is 19.2 Å². The van der Waals surface area contributed by atoms with E-state index in [1.165, 1.54) is 0 Å². The molecule has 0 aliphatic heterocycles. The van der Waals surface area contributed by atoms with Crippen LogP contribution in [0.4, 0.5) is 0 Å². The molecule has 0 aromatic carbocycles.